The lowest BCUT2D eigenvalue weighted by Crippen LogP contribution is -2.49. The molecule has 3 heterocycles. The van der Waals surface area contributed by atoms with Gasteiger partial charge in [0.15, 0.2) is 15.4 Å². The van der Waals surface area contributed by atoms with Crippen LogP contribution in [0.4, 0.5) is 4.79 Å². The van der Waals surface area contributed by atoms with Crippen molar-refractivity contribution < 1.29 is 27.2 Å². The first-order valence-electron chi connectivity index (χ1n) is 10.3. The summed E-state index contributed by atoms with van der Waals surface area (Å²) in [6.45, 7) is 1.13. The van der Waals surface area contributed by atoms with Crippen LogP contribution in [0.15, 0.2) is 34.7 Å². The number of fused-ring (bicyclic) bond motifs is 1. The summed E-state index contributed by atoms with van der Waals surface area (Å²) in [5.74, 6) is -0.683. The number of para-hydroxylation sites is 1. The van der Waals surface area contributed by atoms with Crippen LogP contribution in [0.2, 0.25) is 0 Å². The number of carbonyl (C=O) groups is 3. The van der Waals surface area contributed by atoms with Crippen LogP contribution in [0.25, 0.3) is 11.0 Å². The van der Waals surface area contributed by atoms with Crippen molar-refractivity contribution in [2.75, 3.05) is 18.1 Å². The van der Waals surface area contributed by atoms with E-state index in [1.807, 2.05) is 18.2 Å². The first-order chi connectivity index (χ1) is 14.7. The van der Waals surface area contributed by atoms with Gasteiger partial charge in [0.1, 0.15) is 17.9 Å². The molecule has 0 radical (unpaired) electrons. The highest BCUT2D eigenvalue weighted by molar-refractivity contribution is 7.91. The minimum atomic E-state index is -3.16. The molecule has 9 nitrogen and oxygen atoms in total. The number of nitrogens with zero attached hydrogens (tertiary/aromatic N) is 2. The topological polar surface area (TPSA) is 117 Å². The maximum Gasteiger partial charge on any atom is 0.325 e. The van der Waals surface area contributed by atoms with Gasteiger partial charge in [-0.2, -0.15) is 0 Å². The molecule has 3 aliphatic rings. The van der Waals surface area contributed by atoms with E-state index in [1.165, 1.54) is 0 Å². The lowest BCUT2D eigenvalue weighted by molar-refractivity contribution is -0.140. The number of rotatable bonds is 5. The minimum absolute atomic E-state index is 0.0201. The molecule has 4 amide bonds. The molecule has 1 N–H and O–H groups in total. The smallest absolute Gasteiger partial charge is 0.325 e. The lowest BCUT2D eigenvalue weighted by atomic mass is 9.99. The molecule has 0 bridgehead atoms. The molecular weight excluding hydrogens is 422 g/mol. The molecule has 1 aromatic heterocycles. The summed E-state index contributed by atoms with van der Waals surface area (Å²) in [5.41, 5.74) is -0.824. The summed E-state index contributed by atoms with van der Waals surface area (Å²) < 4.78 is 29.6. The van der Waals surface area contributed by atoms with E-state index in [4.69, 9.17) is 4.42 Å². The maximum absolute atomic E-state index is 13.2. The van der Waals surface area contributed by atoms with E-state index in [2.05, 4.69) is 5.32 Å². The van der Waals surface area contributed by atoms with E-state index >= 15 is 0 Å². The van der Waals surface area contributed by atoms with Gasteiger partial charge in [0.05, 0.1) is 11.5 Å². The summed E-state index contributed by atoms with van der Waals surface area (Å²) in [6, 6.07) is 7.90. The maximum atomic E-state index is 13.2. The molecule has 0 spiro atoms. The SMILES string of the molecule is C[C@]1(c2cc3ccccc3o2)NC(=O)N(CC(=O)N(C2CC2)[C@H]2CCS(=O)(=O)C2)C1=O. The number of hydrogen-bond donors (Lipinski definition) is 1. The molecule has 2 aromatic rings. The molecule has 10 heteroatoms. The summed E-state index contributed by atoms with van der Waals surface area (Å²) in [5, 5.41) is 3.46. The monoisotopic (exact) mass is 445 g/mol. The molecule has 2 atom stereocenters. The van der Waals surface area contributed by atoms with Crippen molar-refractivity contribution in [2.24, 2.45) is 0 Å². The van der Waals surface area contributed by atoms with Crippen molar-refractivity contribution in [3.8, 4) is 0 Å². The number of hydrogen-bond acceptors (Lipinski definition) is 6. The largest absolute Gasteiger partial charge is 0.458 e. The number of nitrogens with one attached hydrogen (secondary N) is 1. The number of carbonyl (C=O) groups excluding carboxylic acids is 3. The van der Waals surface area contributed by atoms with Crippen molar-refractivity contribution in [3.63, 3.8) is 0 Å². The molecule has 3 fully saturated rings. The quantitative estimate of drug-likeness (QED) is 0.695. The van der Waals surface area contributed by atoms with Gasteiger partial charge in [-0.3, -0.25) is 14.5 Å². The van der Waals surface area contributed by atoms with E-state index < -0.39 is 45.8 Å². The second-order valence-corrected chi connectivity index (χ2v) is 10.9. The van der Waals surface area contributed by atoms with Gasteiger partial charge in [-0.25, -0.2) is 13.2 Å². The Labute approximate surface area is 179 Å². The summed E-state index contributed by atoms with van der Waals surface area (Å²) >= 11 is 0. The van der Waals surface area contributed by atoms with Crippen LogP contribution in [-0.2, 0) is 25.0 Å². The number of benzene rings is 1. The van der Waals surface area contributed by atoms with Crippen molar-refractivity contribution in [2.45, 2.75) is 43.8 Å². The van der Waals surface area contributed by atoms with E-state index in [-0.39, 0.29) is 17.5 Å². The van der Waals surface area contributed by atoms with Gasteiger partial charge in [0.2, 0.25) is 5.91 Å². The molecule has 2 saturated heterocycles. The van der Waals surface area contributed by atoms with E-state index in [9.17, 15) is 22.8 Å². The first kappa shape index (κ1) is 20.0. The average molecular weight is 445 g/mol. The van der Waals surface area contributed by atoms with Crippen LogP contribution in [0.3, 0.4) is 0 Å². The van der Waals surface area contributed by atoms with Crippen LogP contribution in [-0.4, -0.2) is 66.2 Å². The van der Waals surface area contributed by atoms with E-state index in [0.29, 0.717) is 17.8 Å². The molecule has 2 aliphatic heterocycles. The van der Waals surface area contributed by atoms with Crippen LogP contribution < -0.4 is 5.32 Å². The van der Waals surface area contributed by atoms with Gasteiger partial charge < -0.3 is 14.6 Å². The molecular formula is C21H23N3O6S. The normalized spacial score (nSPS) is 27.6. The van der Waals surface area contributed by atoms with Crippen molar-refractivity contribution >= 4 is 38.7 Å². The highest BCUT2D eigenvalue weighted by atomic mass is 32.2. The zero-order valence-electron chi connectivity index (χ0n) is 17.0. The number of urea groups is 1. The molecule has 31 heavy (non-hydrogen) atoms. The molecule has 5 rings (SSSR count). The Morgan fingerprint density at radius 3 is 2.61 bits per heavy atom. The lowest BCUT2D eigenvalue weighted by Gasteiger charge is -2.29. The summed E-state index contributed by atoms with van der Waals surface area (Å²) in [4.78, 5) is 41.4. The highest BCUT2D eigenvalue weighted by Gasteiger charge is 2.53. The fourth-order valence-electron chi connectivity index (χ4n) is 4.51. The zero-order chi connectivity index (χ0) is 22.0. The molecule has 1 aromatic carbocycles. The van der Waals surface area contributed by atoms with Gasteiger partial charge in [0, 0.05) is 17.5 Å². The number of furan rings is 1. The third-order valence-electron chi connectivity index (χ3n) is 6.32. The van der Waals surface area contributed by atoms with Gasteiger partial charge in [0.25, 0.3) is 5.91 Å². The Bertz CT molecular complexity index is 1170. The minimum Gasteiger partial charge on any atom is -0.458 e. The zero-order valence-corrected chi connectivity index (χ0v) is 17.9. The van der Waals surface area contributed by atoms with Crippen LogP contribution in [0.1, 0.15) is 31.9 Å². The second kappa shape index (κ2) is 6.81. The first-order valence-corrected chi connectivity index (χ1v) is 12.1. The van der Waals surface area contributed by atoms with Gasteiger partial charge in [-0.1, -0.05) is 18.2 Å². The molecule has 1 saturated carbocycles. The van der Waals surface area contributed by atoms with Crippen LogP contribution in [0.5, 0.6) is 0 Å². The van der Waals surface area contributed by atoms with Gasteiger partial charge in [-0.15, -0.1) is 0 Å². The number of amides is 4. The third-order valence-corrected chi connectivity index (χ3v) is 8.07. The van der Waals surface area contributed by atoms with Gasteiger partial charge in [-0.05, 0) is 38.3 Å². The number of imide groups is 1. The van der Waals surface area contributed by atoms with Crippen LogP contribution in [0, 0.1) is 0 Å². The average Bonchev–Trinajstić information content (AvgIpc) is 3.26. The fourth-order valence-corrected chi connectivity index (χ4v) is 6.22. The Kier molecular flexibility index (Phi) is 4.40. The Hall–Kier alpha value is -2.88. The van der Waals surface area contributed by atoms with Gasteiger partial charge >= 0.3 is 6.03 Å². The molecule has 164 valence electrons. The standard InChI is InChI=1S/C21H23N3O6S/c1-21(17-10-13-4-2-3-5-16(13)30-17)19(26)23(20(27)22-21)11-18(25)24(14-6-7-14)15-8-9-31(28,29)12-15/h2-5,10,14-15H,6-9,11-12H2,1H3,(H,22,27)/t15-,21+/m0/s1. The Morgan fingerprint density at radius 2 is 1.97 bits per heavy atom. The Morgan fingerprint density at radius 1 is 1.23 bits per heavy atom. The van der Waals surface area contributed by atoms with Crippen molar-refractivity contribution in [3.05, 3.63) is 36.1 Å². The predicted octanol–water partition coefficient (Wildman–Crippen LogP) is 1.38. The summed E-state index contributed by atoms with van der Waals surface area (Å²) in [7, 11) is -3.16. The Balaban J connectivity index is 1.37. The van der Waals surface area contributed by atoms with Crippen molar-refractivity contribution in [1.82, 2.24) is 15.1 Å². The summed E-state index contributed by atoms with van der Waals surface area (Å²) in [6.07, 6.45) is 2.00. The van der Waals surface area contributed by atoms with E-state index in [1.54, 1.807) is 24.0 Å². The fraction of sp³-hybridized carbons (Fsp3) is 0.476. The predicted molar refractivity (Wildman–Crippen MR) is 111 cm³/mol. The second-order valence-electron chi connectivity index (χ2n) is 8.68. The van der Waals surface area contributed by atoms with Crippen LogP contribution >= 0.6 is 0 Å². The van der Waals surface area contributed by atoms with Crippen molar-refractivity contribution in [1.29, 1.82) is 0 Å². The van der Waals surface area contributed by atoms with E-state index in [0.717, 1.165) is 23.1 Å². The molecule has 1 aliphatic carbocycles. The molecule has 0 unspecified atom stereocenters. The third kappa shape index (κ3) is 3.38. The highest BCUT2D eigenvalue weighted by Crippen LogP contribution is 2.35. The number of sulfone groups is 1.